The highest BCUT2D eigenvalue weighted by molar-refractivity contribution is 5.96. The van der Waals surface area contributed by atoms with Gasteiger partial charge in [0.2, 0.25) is 0 Å². The van der Waals surface area contributed by atoms with Gasteiger partial charge < -0.3 is 5.21 Å². The zero-order valence-corrected chi connectivity index (χ0v) is 12.9. The molecule has 0 atom stereocenters. The largest absolute Gasteiger partial charge is 0.313 e. The molecule has 20 heavy (non-hydrogen) atoms. The van der Waals surface area contributed by atoms with Gasteiger partial charge in [-0.25, -0.2) is 0 Å². The molecule has 0 bridgehead atoms. The summed E-state index contributed by atoms with van der Waals surface area (Å²) in [6.07, 6.45) is 2.24. The third-order valence-corrected chi connectivity index (χ3v) is 4.29. The number of hydroxylamine groups is 2. The summed E-state index contributed by atoms with van der Waals surface area (Å²) in [6, 6.07) is 9.47. The van der Waals surface area contributed by atoms with Crippen LogP contribution in [0.5, 0.6) is 0 Å². The van der Waals surface area contributed by atoms with E-state index >= 15 is 0 Å². The molecule has 1 aliphatic rings. The van der Waals surface area contributed by atoms with Gasteiger partial charge in [-0.15, -0.1) is 0 Å². The van der Waals surface area contributed by atoms with Gasteiger partial charge in [0, 0.05) is 23.1 Å². The third kappa shape index (κ3) is 3.10. The quantitative estimate of drug-likeness (QED) is 0.850. The molecule has 1 aromatic carbocycles. The summed E-state index contributed by atoms with van der Waals surface area (Å²) in [5, 5.41) is 11.7. The molecule has 1 fully saturated rings. The van der Waals surface area contributed by atoms with E-state index in [4.69, 9.17) is 0 Å². The number of carbonyl (C=O) groups is 1. The second-order valence-corrected chi connectivity index (χ2v) is 7.20. The number of nitrogens with zero attached hydrogens (tertiary/aromatic N) is 1. The molecule has 1 aromatic rings. The first-order valence-electron chi connectivity index (χ1n) is 7.30. The predicted octanol–water partition coefficient (Wildman–Crippen LogP) is 3.92. The number of hydrogen-bond donors (Lipinski definition) is 1. The molecule has 0 unspecified atom stereocenters. The predicted molar refractivity (Wildman–Crippen MR) is 79.9 cm³/mol. The Morgan fingerprint density at radius 1 is 1.15 bits per heavy atom. The van der Waals surface area contributed by atoms with E-state index in [9.17, 15) is 10.0 Å². The fourth-order valence-corrected chi connectivity index (χ4v) is 3.63. The maximum absolute atomic E-state index is 12.3. The van der Waals surface area contributed by atoms with Crippen LogP contribution in [0.1, 0.15) is 57.3 Å². The lowest BCUT2D eigenvalue weighted by molar-refractivity contribution is -0.250. The number of Topliss-reactive ketones (excluding diaryl/α,β-unsaturated/α-hetero) is 1. The Hall–Kier alpha value is -1.19. The van der Waals surface area contributed by atoms with Crippen molar-refractivity contribution in [1.29, 1.82) is 0 Å². The number of rotatable bonds is 3. The van der Waals surface area contributed by atoms with Crippen molar-refractivity contribution in [3.05, 3.63) is 35.9 Å². The van der Waals surface area contributed by atoms with Crippen LogP contribution in [-0.4, -0.2) is 27.1 Å². The Morgan fingerprint density at radius 2 is 1.65 bits per heavy atom. The minimum atomic E-state index is -0.288. The normalized spacial score (nSPS) is 22.6. The molecular weight excluding hydrogens is 250 g/mol. The summed E-state index contributed by atoms with van der Waals surface area (Å²) < 4.78 is 0. The third-order valence-electron chi connectivity index (χ3n) is 4.29. The van der Waals surface area contributed by atoms with Crippen LogP contribution in [0.4, 0.5) is 0 Å². The minimum absolute atomic E-state index is 0.202. The molecule has 1 saturated heterocycles. The molecule has 1 aliphatic heterocycles. The number of piperidine rings is 1. The number of benzene rings is 1. The van der Waals surface area contributed by atoms with E-state index in [1.165, 1.54) is 5.06 Å². The van der Waals surface area contributed by atoms with E-state index in [-0.39, 0.29) is 16.9 Å². The van der Waals surface area contributed by atoms with E-state index < -0.39 is 0 Å². The standard InChI is InChI=1S/C17H25NO2/c1-16(2)11-13(12-17(3,4)18(16)20)10-15(19)14-8-6-5-7-9-14/h5-9,13,20H,10-12H2,1-4H3. The highest BCUT2D eigenvalue weighted by atomic mass is 16.5. The van der Waals surface area contributed by atoms with Crippen LogP contribution in [0.25, 0.3) is 0 Å². The lowest BCUT2D eigenvalue weighted by Gasteiger charge is -2.51. The first-order valence-corrected chi connectivity index (χ1v) is 7.30. The van der Waals surface area contributed by atoms with Crippen molar-refractivity contribution in [2.75, 3.05) is 0 Å². The Bertz CT molecular complexity index is 461. The van der Waals surface area contributed by atoms with Crippen LogP contribution in [0.15, 0.2) is 30.3 Å². The van der Waals surface area contributed by atoms with Crippen molar-refractivity contribution in [3.63, 3.8) is 0 Å². The van der Waals surface area contributed by atoms with E-state index in [2.05, 4.69) is 0 Å². The van der Waals surface area contributed by atoms with Crippen LogP contribution in [0.3, 0.4) is 0 Å². The zero-order chi connectivity index (χ0) is 15.0. The molecule has 0 spiro atoms. The number of hydrogen-bond acceptors (Lipinski definition) is 3. The van der Waals surface area contributed by atoms with Gasteiger partial charge in [0.1, 0.15) is 0 Å². The fraction of sp³-hybridized carbons (Fsp3) is 0.588. The monoisotopic (exact) mass is 275 g/mol. The van der Waals surface area contributed by atoms with Gasteiger partial charge >= 0.3 is 0 Å². The lowest BCUT2D eigenvalue weighted by Crippen LogP contribution is -2.59. The van der Waals surface area contributed by atoms with Crippen molar-refractivity contribution in [2.45, 2.75) is 58.0 Å². The fourth-order valence-electron chi connectivity index (χ4n) is 3.63. The maximum Gasteiger partial charge on any atom is 0.163 e. The average Bonchev–Trinajstić information content (AvgIpc) is 2.36. The van der Waals surface area contributed by atoms with Crippen LogP contribution in [0, 0.1) is 5.92 Å². The van der Waals surface area contributed by atoms with Crippen molar-refractivity contribution in [2.24, 2.45) is 5.92 Å². The van der Waals surface area contributed by atoms with Crippen molar-refractivity contribution >= 4 is 5.78 Å². The van der Waals surface area contributed by atoms with E-state index in [0.29, 0.717) is 12.3 Å². The highest BCUT2D eigenvalue weighted by Crippen LogP contribution is 2.41. The van der Waals surface area contributed by atoms with Crippen LogP contribution in [0.2, 0.25) is 0 Å². The van der Waals surface area contributed by atoms with E-state index in [1.807, 2.05) is 58.0 Å². The van der Waals surface area contributed by atoms with Gasteiger partial charge in [0.25, 0.3) is 0 Å². The van der Waals surface area contributed by atoms with Gasteiger partial charge in [-0.3, -0.25) is 4.79 Å². The molecule has 0 amide bonds. The summed E-state index contributed by atoms with van der Waals surface area (Å²) in [5.74, 6) is 0.518. The average molecular weight is 275 g/mol. The van der Waals surface area contributed by atoms with Gasteiger partial charge in [0.15, 0.2) is 5.78 Å². The molecule has 0 saturated carbocycles. The smallest absolute Gasteiger partial charge is 0.163 e. The molecule has 0 aromatic heterocycles. The molecule has 110 valence electrons. The molecule has 3 heteroatoms. The maximum atomic E-state index is 12.3. The minimum Gasteiger partial charge on any atom is -0.313 e. The summed E-state index contributed by atoms with van der Waals surface area (Å²) in [6.45, 7) is 8.14. The van der Waals surface area contributed by atoms with Gasteiger partial charge in [-0.05, 0) is 46.5 Å². The molecule has 0 radical (unpaired) electrons. The van der Waals surface area contributed by atoms with E-state index in [1.54, 1.807) is 0 Å². The molecular formula is C17H25NO2. The molecule has 3 nitrogen and oxygen atoms in total. The Balaban J connectivity index is 2.09. The topological polar surface area (TPSA) is 40.5 Å². The zero-order valence-electron chi connectivity index (χ0n) is 12.9. The Labute approximate surface area is 121 Å². The lowest BCUT2D eigenvalue weighted by atomic mass is 9.73. The van der Waals surface area contributed by atoms with E-state index in [0.717, 1.165) is 18.4 Å². The van der Waals surface area contributed by atoms with Crippen molar-refractivity contribution in [3.8, 4) is 0 Å². The second kappa shape index (κ2) is 5.30. The van der Waals surface area contributed by atoms with Crippen molar-refractivity contribution < 1.29 is 10.0 Å². The number of carbonyl (C=O) groups excluding carboxylic acids is 1. The molecule has 0 aliphatic carbocycles. The molecule has 1 N–H and O–H groups in total. The molecule has 2 rings (SSSR count). The highest BCUT2D eigenvalue weighted by Gasteiger charge is 2.45. The SMILES string of the molecule is CC1(C)CC(CC(=O)c2ccccc2)CC(C)(C)N1O. The summed E-state index contributed by atoms with van der Waals surface area (Å²) in [5.41, 5.74) is 0.210. The van der Waals surface area contributed by atoms with Gasteiger partial charge in [-0.2, -0.15) is 5.06 Å². The first kappa shape index (κ1) is 15.2. The summed E-state index contributed by atoms with van der Waals surface area (Å²) >= 11 is 0. The van der Waals surface area contributed by atoms with Gasteiger partial charge in [0.05, 0.1) is 0 Å². The van der Waals surface area contributed by atoms with Crippen molar-refractivity contribution in [1.82, 2.24) is 5.06 Å². The van der Waals surface area contributed by atoms with Gasteiger partial charge in [-0.1, -0.05) is 30.3 Å². The summed E-state index contributed by atoms with van der Waals surface area (Å²) in [4.78, 5) is 12.3. The summed E-state index contributed by atoms with van der Waals surface area (Å²) in [7, 11) is 0. The Morgan fingerprint density at radius 3 is 2.15 bits per heavy atom. The number of ketones is 1. The van der Waals surface area contributed by atoms with Crippen LogP contribution < -0.4 is 0 Å². The Kier molecular flexibility index (Phi) is 4.03. The first-order chi connectivity index (χ1) is 9.22. The van der Waals surface area contributed by atoms with Crippen LogP contribution >= 0.6 is 0 Å². The van der Waals surface area contributed by atoms with Crippen LogP contribution in [-0.2, 0) is 0 Å². The second-order valence-electron chi connectivity index (χ2n) is 7.20. The molecule has 1 heterocycles.